The van der Waals surface area contributed by atoms with Crippen molar-refractivity contribution in [3.63, 3.8) is 0 Å². The Morgan fingerprint density at radius 1 is 1.40 bits per heavy atom. The average molecular weight is 201 g/mol. The van der Waals surface area contributed by atoms with Crippen LogP contribution in [-0.4, -0.2) is 20.4 Å². The lowest BCUT2D eigenvalue weighted by Crippen LogP contribution is -2.16. The van der Waals surface area contributed by atoms with Crippen molar-refractivity contribution in [1.82, 2.24) is 14.5 Å². The summed E-state index contributed by atoms with van der Waals surface area (Å²) in [5.41, 5.74) is 6.71. The van der Waals surface area contributed by atoms with Crippen LogP contribution in [0.2, 0.25) is 0 Å². The topological polar surface area (TPSA) is 80.6 Å². The van der Waals surface area contributed by atoms with Gasteiger partial charge in [0.2, 0.25) is 0 Å². The van der Waals surface area contributed by atoms with Crippen LogP contribution in [-0.2, 0) is 0 Å². The number of nitrogen functional groups attached to an aromatic ring is 1. The Hall–Kier alpha value is -2.17. The second-order valence-corrected chi connectivity index (χ2v) is 3.13. The maximum Gasteiger partial charge on any atom is 0.143 e. The fourth-order valence-electron chi connectivity index (χ4n) is 1.43. The molecule has 0 aliphatic rings. The molecule has 0 spiro atoms. The van der Waals surface area contributed by atoms with E-state index in [9.17, 15) is 0 Å². The Morgan fingerprint density at radius 3 is 2.80 bits per heavy atom. The summed E-state index contributed by atoms with van der Waals surface area (Å²) in [6.45, 7) is 1.89. The van der Waals surface area contributed by atoms with Crippen molar-refractivity contribution in [1.29, 1.82) is 5.41 Å². The molecule has 76 valence electrons. The van der Waals surface area contributed by atoms with Crippen molar-refractivity contribution >= 4 is 5.84 Å². The van der Waals surface area contributed by atoms with Crippen LogP contribution in [0.25, 0.3) is 5.69 Å². The summed E-state index contributed by atoms with van der Waals surface area (Å²) in [6, 6.07) is 3.67. The monoisotopic (exact) mass is 201 g/mol. The Bertz CT molecular complexity index is 500. The van der Waals surface area contributed by atoms with Crippen LogP contribution < -0.4 is 5.73 Å². The van der Waals surface area contributed by atoms with Gasteiger partial charge < -0.3 is 10.3 Å². The molecule has 0 atom stereocenters. The van der Waals surface area contributed by atoms with E-state index in [4.69, 9.17) is 11.1 Å². The van der Waals surface area contributed by atoms with Crippen LogP contribution in [0.15, 0.2) is 30.7 Å². The van der Waals surface area contributed by atoms with Gasteiger partial charge in [0, 0.05) is 18.6 Å². The van der Waals surface area contributed by atoms with Crippen molar-refractivity contribution in [2.75, 3.05) is 0 Å². The molecular weight excluding hydrogens is 190 g/mol. The van der Waals surface area contributed by atoms with Crippen LogP contribution in [0.4, 0.5) is 0 Å². The lowest BCUT2D eigenvalue weighted by Gasteiger charge is -2.08. The van der Waals surface area contributed by atoms with Gasteiger partial charge in [-0.3, -0.25) is 10.4 Å². The molecule has 0 bridgehead atoms. The minimum atomic E-state index is -0.0429. The minimum absolute atomic E-state index is 0.0429. The highest BCUT2D eigenvalue weighted by Gasteiger charge is 2.09. The molecular formula is C10H11N5. The molecule has 0 aromatic carbocycles. The van der Waals surface area contributed by atoms with Gasteiger partial charge >= 0.3 is 0 Å². The molecule has 0 amide bonds. The van der Waals surface area contributed by atoms with Crippen molar-refractivity contribution in [2.24, 2.45) is 5.73 Å². The molecule has 5 nitrogen and oxygen atoms in total. The number of hydrogen-bond acceptors (Lipinski definition) is 3. The van der Waals surface area contributed by atoms with Gasteiger partial charge in [-0.15, -0.1) is 0 Å². The zero-order valence-corrected chi connectivity index (χ0v) is 8.31. The molecule has 0 saturated heterocycles. The number of rotatable bonds is 2. The van der Waals surface area contributed by atoms with Gasteiger partial charge in [-0.05, 0) is 19.1 Å². The van der Waals surface area contributed by atoms with E-state index in [1.807, 2.05) is 23.8 Å². The lowest BCUT2D eigenvalue weighted by molar-refractivity contribution is 0.959. The van der Waals surface area contributed by atoms with Gasteiger partial charge in [0.1, 0.15) is 17.4 Å². The molecule has 0 aliphatic heterocycles. The molecule has 0 fully saturated rings. The van der Waals surface area contributed by atoms with Crippen LogP contribution >= 0.6 is 0 Å². The molecule has 2 rings (SSSR count). The zero-order chi connectivity index (χ0) is 10.8. The lowest BCUT2D eigenvalue weighted by atomic mass is 10.2. The molecule has 3 N–H and O–H groups in total. The largest absolute Gasteiger partial charge is 0.382 e. The highest BCUT2D eigenvalue weighted by molar-refractivity contribution is 5.96. The molecule has 2 heterocycles. The SMILES string of the molecule is Cc1nccn1-c1cccnc1C(=N)N. The van der Waals surface area contributed by atoms with E-state index in [-0.39, 0.29) is 5.84 Å². The Labute approximate surface area is 87.1 Å². The van der Waals surface area contributed by atoms with Crippen LogP contribution in [0.3, 0.4) is 0 Å². The zero-order valence-electron chi connectivity index (χ0n) is 8.31. The Morgan fingerprint density at radius 2 is 2.20 bits per heavy atom. The molecule has 15 heavy (non-hydrogen) atoms. The fourth-order valence-corrected chi connectivity index (χ4v) is 1.43. The quantitative estimate of drug-likeness (QED) is 0.558. The number of nitrogens with zero attached hydrogens (tertiary/aromatic N) is 3. The number of pyridine rings is 1. The number of nitrogens with two attached hydrogens (primary N) is 1. The standard InChI is InChI=1S/C10H11N5/c1-7-13-5-6-15(7)8-3-2-4-14-9(8)10(11)12/h2-6H,1H3,(H3,11,12). The molecule has 0 saturated carbocycles. The minimum Gasteiger partial charge on any atom is -0.382 e. The first kappa shape index (κ1) is 9.39. The normalized spacial score (nSPS) is 10.2. The summed E-state index contributed by atoms with van der Waals surface area (Å²) in [5.74, 6) is 0.796. The molecule has 0 radical (unpaired) electrons. The summed E-state index contributed by atoms with van der Waals surface area (Å²) in [5, 5.41) is 7.43. The van der Waals surface area contributed by atoms with E-state index in [0.29, 0.717) is 5.69 Å². The molecule has 5 heteroatoms. The first-order valence-electron chi connectivity index (χ1n) is 4.50. The van der Waals surface area contributed by atoms with Crippen molar-refractivity contribution in [2.45, 2.75) is 6.92 Å². The molecule has 0 unspecified atom stereocenters. The third kappa shape index (κ3) is 1.59. The second kappa shape index (κ2) is 3.53. The van der Waals surface area contributed by atoms with E-state index >= 15 is 0 Å². The second-order valence-electron chi connectivity index (χ2n) is 3.13. The summed E-state index contributed by atoms with van der Waals surface area (Å²) in [6.07, 6.45) is 5.14. The molecule has 2 aromatic rings. The van der Waals surface area contributed by atoms with E-state index < -0.39 is 0 Å². The maximum absolute atomic E-state index is 7.43. The first-order valence-corrected chi connectivity index (χ1v) is 4.50. The van der Waals surface area contributed by atoms with E-state index in [1.165, 1.54) is 0 Å². The maximum atomic E-state index is 7.43. The van der Waals surface area contributed by atoms with E-state index in [1.54, 1.807) is 18.5 Å². The smallest absolute Gasteiger partial charge is 0.143 e. The first-order chi connectivity index (χ1) is 7.20. The van der Waals surface area contributed by atoms with Crippen molar-refractivity contribution in [3.8, 4) is 5.69 Å². The number of amidine groups is 1. The van der Waals surface area contributed by atoms with Gasteiger partial charge in [-0.2, -0.15) is 0 Å². The summed E-state index contributed by atoms with van der Waals surface area (Å²) < 4.78 is 1.85. The number of nitrogens with one attached hydrogen (secondary N) is 1. The Kier molecular flexibility index (Phi) is 2.21. The van der Waals surface area contributed by atoms with Gasteiger partial charge in [0.15, 0.2) is 0 Å². The van der Waals surface area contributed by atoms with E-state index in [2.05, 4.69) is 9.97 Å². The number of imidazole rings is 1. The summed E-state index contributed by atoms with van der Waals surface area (Å²) in [7, 11) is 0. The Balaban J connectivity index is 2.63. The van der Waals surface area contributed by atoms with Gasteiger partial charge in [-0.25, -0.2) is 4.98 Å². The molecule has 0 aliphatic carbocycles. The predicted molar refractivity (Wildman–Crippen MR) is 57.1 cm³/mol. The van der Waals surface area contributed by atoms with Gasteiger partial charge in [0.25, 0.3) is 0 Å². The third-order valence-corrected chi connectivity index (χ3v) is 2.13. The fraction of sp³-hybridized carbons (Fsp3) is 0.100. The van der Waals surface area contributed by atoms with Crippen LogP contribution in [0, 0.1) is 12.3 Å². The number of aryl methyl sites for hydroxylation is 1. The van der Waals surface area contributed by atoms with Crippen LogP contribution in [0.1, 0.15) is 11.5 Å². The molecule has 2 aromatic heterocycles. The third-order valence-electron chi connectivity index (χ3n) is 2.13. The highest BCUT2D eigenvalue weighted by atomic mass is 15.1. The van der Waals surface area contributed by atoms with Crippen molar-refractivity contribution < 1.29 is 0 Å². The number of hydrogen-bond donors (Lipinski definition) is 2. The van der Waals surface area contributed by atoms with Gasteiger partial charge in [-0.1, -0.05) is 0 Å². The average Bonchev–Trinajstić information content (AvgIpc) is 2.64. The predicted octanol–water partition coefficient (Wildman–Crippen LogP) is 0.860. The van der Waals surface area contributed by atoms with Gasteiger partial charge in [0.05, 0.1) is 5.69 Å². The highest BCUT2D eigenvalue weighted by Crippen LogP contribution is 2.12. The van der Waals surface area contributed by atoms with Crippen molar-refractivity contribution in [3.05, 3.63) is 42.2 Å². The summed E-state index contributed by atoms with van der Waals surface area (Å²) in [4.78, 5) is 8.19. The summed E-state index contributed by atoms with van der Waals surface area (Å²) >= 11 is 0. The number of aromatic nitrogens is 3. The van der Waals surface area contributed by atoms with E-state index in [0.717, 1.165) is 11.5 Å². The van der Waals surface area contributed by atoms with Crippen LogP contribution in [0.5, 0.6) is 0 Å².